The van der Waals surface area contributed by atoms with Gasteiger partial charge in [0, 0.05) is 6.42 Å². The van der Waals surface area contributed by atoms with Crippen molar-refractivity contribution in [3.8, 4) is 0 Å². The number of aliphatic hydroxyl groups is 4. The number of hydrogen-bond acceptors (Lipinski definition) is 8. The van der Waals surface area contributed by atoms with E-state index in [1.54, 1.807) is 0 Å². The molecule has 1 saturated heterocycles. The first-order chi connectivity index (χ1) is 21.9. The number of carbonyl (C=O) groups is 1. The Hall–Kier alpha value is -0.610. The molecule has 1 rings (SSSR count). The molecule has 268 valence electrons. The van der Waals surface area contributed by atoms with Crippen molar-refractivity contribution in [3.05, 3.63) is 0 Å². The summed E-state index contributed by atoms with van der Waals surface area (Å²) in [4.78, 5) is 13.2. The van der Waals surface area contributed by atoms with Crippen molar-refractivity contribution < 1.29 is 34.7 Å². The van der Waals surface area contributed by atoms with E-state index in [4.69, 9.17) is 15.2 Å². The first-order valence-electron chi connectivity index (χ1n) is 19.1. The van der Waals surface area contributed by atoms with Gasteiger partial charge in [0.15, 0.2) is 6.29 Å². The minimum absolute atomic E-state index is 0.0105. The summed E-state index contributed by atoms with van der Waals surface area (Å²) in [5.74, 6) is -0.702. The minimum atomic E-state index is -1.41. The summed E-state index contributed by atoms with van der Waals surface area (Å²) in [5, 5.41) is 41.0. The molecule has 0 radical (unpaired) electrons. The molecule has 45 heavy (non-hydrogen) atoms. The summed E-state index contributed by atoms with van der Waals surface area (Å²) in [6, 6.07) is 0. The van der Waals surface area contributed by atoms with Crippen molar-refractivity contribution in [2.75, 3.05) is 19.8 Å². The maximum absolute atomic E-state index is 13.2. The van der Waals surface area contributed by atoms with Crippen molar-refractivity contribution in [2.45, 2.75) is 205 Å². The zero-order chi connectivity index (χ0) is 33.0. The first kappa shape index (κ1) is 42.4. The molecule has 0 spiro atoms. The van der Waals surface area contributed by atoms with Gasteiger partial charge in [0.1, 0.15) is 24.1 Å². The van der Waals surface area contributed by atoms with E-state index in [1.807, 2.05) is 0 Å². The highest BCUT2D eigenvalue weighted by Crippen LogP contribution is 2.22. The molecule has 1 heterocycles. The van der Waals surface area contributed by atoms with E-state index in [2.05, 4.69) is 6.92 Å². The molecule has 0 bridgehead atoms. The van der Waals surface area contributed by atoms with Gasteiger partial charge in [-0.3, -0.25) is 4.79 Å². The van der Waals surface area contributed by atoms with Crippen molar-refractivity contribution in [3.63, 3.8) is 0 Å². The second-order valence-corrected chi connectivity index (χ2v) is 13.7. The molecule has 0 aromatic rings. The van der Waals surface area contributed by atoms with Crippen LogP contribution in [0.1, 0.15) is 174 Å². The molecule has 0 aromatic heterocycles. The number of nitrogens with two attached hydrogens (primary N) is 1. The number of rotatable bonds is 32. The summed E-state index contributed by atoms with van der Waals surface area (Å²) in [7, 11) is 0. The van der Waals surface area contributed by atoms with Crippen LogP contribution in [0.4, 0.5) is 0 Å². The van der Waals surface area contributed by atoms with E-state index < -0.39 is 36.6 Å². The molecule has 1 aliphatic rings. The van der Waals surface area contributed by atoms with Crippen LogP contribution in [0.25, 0.3) is 0 Å². The molecular weight excluding hydrogens is 570 g/mol. The zero-order valence-corrected chi connectivity index (χ0v) is 29.1. The van der Waals surface area contributed by atoms with Gasteiger partial charge in [-0.05, 0) is 25.8 Å². The smallest absolute Gasteiger partial charge is 0.186 e. The first-order valence-corrected chi connectivity index (χ1v) is 19.1. The highest BCUT2D eigenvalue weighted by molar-refractivity contribution is 5.81. The van der Waals surface area contributed by atoms with Crippen LogP contribution in [0.5, 0.6) is 0 Å². The summed E-state index contributed by atoms with van der Waals surface area (Å²) in [6.07, 6.45) is 24.2. The van der Waals surface area contributed by atoms with Gasteiger partial charge >= 0.3 is 0 Å². The molecule has 6 N–H and O–H groups in total. The number of hydrogen-bond donors (Lipinski definition) is 5. The van der Waals surface area contributed by atoms with Gasteiger partial charge in [-0.1, -0.05) is 148 Å². The Labute approximate surface area is 276 Å². The van der Waals surface area contributed by atoms with E-state index in [0.717, 1.165) is 51.5 Å². The van der Waals surface area contributed by atoms with E-state index in [-0.39, 0.29) is 19.0 Å². The number of ether oxygens (including phenoxy) is 2. The molecule has 1 aliphatic heterocycles. The Morgan fingerprint density at radius 2 is 1.13 bits per heavy atom. The lowest BCUT2D eigenvalue weighted by atomic mass is 9.90. The standard InChI is InChI=1S/C37H73NO7/c1-2-3-4-5-6-7-11-14-17-20-23-26-32(39)31(29-44-37-36(43)35(42)34(41)30-45-37)33(40)27-24-21-18-15-12-9-8-10-13-16-19-22-25-28-38/h31,33-37,40-43H,2-30,38H2,1H3/t31-,33+,34+,35+,36-,37+/m1/s1. The van der Waals surface area contributed by atoms with Gasteiger partial charge in [0.25, 0.3) is 0 Å². The van der Waals surface area contributed by atoms with Crippen molar-refractivity contribution in [1.29, 1.82) is 0 Å². The normalized spacial score (nSPS) is 21.6. The topological polar surface area (TPSA) is 142 Å². The quantitative estimate of drug-likeness (QED) is 0.0488. The van der Waals surface area contributed by atoms with Crippen LogP contribution in [0.15, 0.2) is 0 Å². The second kappa shape index (κ2) is 29.5. The Balaban J connectivity index is 2.32. The number of aliphatic hydroxyl groups excluding tert-OH is 4. The maximum Gasteiger partial charge on any atom is 0.186 e. The largest absolute Gasteiger partial charge is 0.392 e. The van der Waals surface area contributed by atoms with E-state index in [9.17, 15) is 25.2 Å². The summed E-state index contributed by atoms with van der Waals surface area (Å²) in [5.41, 5.74) is 5.55. The predicted octanol–water partition coefficient (Wildman–Crippen LogP) is 7.11. The average molecular weight is 644 g/mol. The van der Waals surface area contributed by atoms with Crippen molar-refractivity contribution in [1.82, 2.24) is 0 Å². The third-order valence-electron chi connectivity index (χ3n) is 9.50. The number of Topliss-reactive ketones (excluding diaryl/α,β-unsaturated/α-hetero) is 1. The van der Waals surface area contributed by atoms with Crippen molar-refractivity contribution in [2.24, 2.45) is 11.7 Å². The lowest BCUT2D eigenvalue weighted by Gasteiger charge is -2.35. The van der Waals surface area contributed by atoms with Crippen LogP contribution < -0.4 is 5.73 Å². The number of carbonyl (C=O) groups excluding carboxylic acids is 1. The van der Waals surface area contributed by atoms with Gasteiger partial charge in [-0.15, -0.1) is 0 Å². The average Bonchev–Trinajstić information content (AvgIpc) is 3.03. The lowest BCUT2D eigenvalue weighted by molar-refractivity contribution is -0.273. The molecule has 1 fully saturated rings. The van der Waals surface area contributed by atoms with Gasteiger partial charge in [-0.25, -0.2) is 0 Å². The van der Waals surface area contributed by atoms with Crippen molar-refractivity contribution >= 4 is 5.78 Å². The predicted molar refractivity (Wildman–Crippen MR) is 183 cm³/mol. The second-order valence-electron chi connectivity index (χ2n) is 13.7. The Bertz CT molecular complexity index is 667. The van der Waals surface area contributed by atoms with Gasteiger partial charge in [0.05, 0.1) is 25.2 Å². The molecule has 6 atom stereocenters. The van der Waals surface area contributed by atoms with Crippen LogP contribution in [0, 0.1) is 5.92 Å². The van der Waals surface area contributed by atoms with Crippen LogP contribution in [0.2, 0.25) is 0 Å². The molecular formula is C37H73NO7. The molecule has 0 saturated carbocycles. The van der Waals surface area contributed by atoms with Gasteiger partial charge in [-0.2, -0.15) is 0 Å². The third-order valence-corrected chi connectivity index (χ3v) is 9.50. The third kappa shape index (κ3) is 21.8. The summed E-state index contributed by atoms with van der Waals surface area (Å²) in [6.45, 7) is 2.82. The summed E-state index contributed by atoms with van der Waals surface area (Å²) >= 11 is 0. The Morgan fingerprint density at radius 1 is 0.689 bits per heavy atom. The van der Waals surface area contributed by atoms with E-state index in [0.29, 0.717) is 12.8 Å². The fraction of sp³-hybridized carbons (Fsp3) is 0.973. The lowest BCUT2D eigenvalue weighted by Crippen LogP contribution is -2.54. The fourth-order valence-electron chi connectivity index (χ4n) is 6.34. The molecule has 0 unspecified atom stereocenters. The van der Waals surface area contributed by atoms with Crippen LogP contribution in [-0.2, 0) is 14.3 Å². The van der Waals surface area contributed by atoms with Gasteiger partial charge in [0.2, 0.25) is 0 Å². The highest BCUT2D eigenvalue weighted by Gasteiger charge is 2.39. The molecule has 8 nitrogen and oxygen atoms in total. The highest BCUT2D eigenvalue weighted by atomic mass is 16.7. The minimum Gasteiger partial charge on any atom is -0.392 e. The number of ketones is 1. The van der Waals surface area contributed by atoms with Crippen LogP contribution in [-0.4, -0.2) is 76.7 Å². The van der Waals surface area contributed by atoms with Crippen LogP contribution in [0.3, 0.4) is 0 Å². The molecule has 0 amide bonds. The maximum atomic E-state index is 13.2. The summed E-state index contributed by atoms with van der Waals surface area (Å²) < 4.78 is 11.1. The van der Waals surface area contributed by atoms with E-state index >= 15 is 0 Å². The Morgan fingerprint density at radius 3 is 1.62 bits per heavy atom. The van der Waals surface area contributed by atoms with E-state index in [1.165, 1.54) is 109 Å². The Kier molecular flexibility index (Phi) is 27.8. The fourth-order valence-corrected chi connectivity index (χ4v) is 6.34. The zero-order valence-electron chi connectivity index (χ0n) is 29.1. The van der Waals surface area contributed by atoms with Gasteiger partial charge < -0.3 is 35.6 Å². The monoisotopic (exact) mass is 644 g/mol. The molecule has 0 aromatic carbocycles. The molecule has 0 aliphatic carbocycles. The number of unbranched alkanes of at least 4 members (excludes halogenated alkanes) is 22. The SMILES string of the molecule is CCCCCCCCCCCCCC(=O)[C@@H](CO[C@H]1OC[C@H](O)[C@H](O)[C@H]1O)[C@@H](O)CCCCCCCCCCCCCCCN. The molecule has 8 heteroatoms. The van der Waals surface area contributed by atoms with Crippen LogP contribution >= 0.6 is 0 Å².